The minimum absolute atomic E-state index is 0.705. The highest BCUT2D eigenvalue weighted by Gasteiger charge is 2.39. The molecule has 1 N–H and O–H groups in total. The maximum atomic E-state index is 3.70. The van der Waals surface area contributed by atoms with Gasteiger partial charge >= 0.3 is 0 Å². The number of hydrogen-bond donors (Lipinski definition) is 1. The first-order chi connectivity index (χ1) is 7.72. The van der Waals surface area contributed by atoms with Gasteiger partial charge in [-0.2, -0.15) is 0 Å². The predicted molar refractivity (Wildman–Crippen MR) is 74.7 cm³/mol. The van der Waals surface area contributed by atoms with E-state index in [9.17, 15) is 0 Å². The Hall–Kier alpha value is -0.0200. The van der Waals surface area contributed by atoms with Crippen LogP contribution in [0.25, 0.3) is 0 Å². The molecule has 0 heterocycles. The molecule has 1 nitrogen and oxygen atoms in total. The second-order valence-electron chi connectivity index (χ2n) is 5.05. The van der Waals surface area contributed by atoms with Gasteiger partial charge in [-0.15, -0.1) is 0 Å². The molecule has 3 unspecified atom stereocenters. The molecule has 2 saturated carbocycles. The molecule has 86 valence electrons. The number of fused-ring (bicyclic) bond motifs is 2. The minimum atomic E-state index is 0.705. The fourth-order valence-corrected chi connectivity index (χ4v) is 4.39. The van der Waals surface area contributed by atoms with Crippen LogP contribution in [0.5, 0.6) is 0 Å². The fourth-order valence-electron chi connectivity index (χ4n) is 3.23. The third-order valence-corrected chi connectivity index (χ3v) is 5.16. The summed E-state index contributed by atoms with van der Waals surface area (Å²) in [4.78, 5) is 0. The van der Waals surface area contributed by atoms with Crippen LogP contribution in [0, 0.1) is 11.8 Å². The number of benzene rings is 1. The zero-order valence-corrected chi connectivity index (χ0v) is 12.2. The molecule has 1 aromatic carbocycles. The molecule has 3 atom stereocenters. The van der Waals surface area contributed by atoms with Gasteiger partial charge in [-0.1, -0.05) is 22.4 Å². The molecule has 1 aromatic rings. The van der Waals surface area contributed by atoms with Gasteiger partial charge in [0.1, 0.15) is 0 Å². The Balaban J connectivity index is 1.74. The van der Waals surface area contributed by atoms with Crippen molar-refractivity contribution in [3.63, 3.8) is 0 Å². The topological polar surface area (TPSA) is 12.0 Å². The Morgan fingerprint density at radius 3 is 2.62 bits per heavy atom. The van der Waals surface area contributed by atoms with E-state index in [1.165, 1.54) is 31.4 Å². The molecule has 2 bridgehead atoms. The maximum Gasteiger partial charge on any atom is 0.0487 e. The van der Waals surface area contributed by atoms with Crippen molar-refractivity contribution >= 4 is 37.5 Å². The number of hydrogen-bond acceptors (Lipinski definition) is 1. The zero-order valence-electron chi connectivity index (χ0n) is 9.05. The first kappa shape index (κ1) is 11.1. The summed E-state index contributed by atoms with van der Waals surface area (Å²) in [7, 11) is 0. The van der Waals surface area contributed by atoms with E-state index in [1.54, 1.807) is 0 Å². The third kappa shape index (κ3) is 2.04. The van der Waals surface area contributed by atoms with E-state index in [4.69, 9.17) is 0 Å². The van der Waals surface area contributed by atoms with Crippen LogP contribution >= 0.6 is 31.9 Å². The van der Waals surface area contributed by atoms with Gasteiger partial charge in [-0.05, 0) is 65.2 Å². The van der Waals surface area contributed by atoms with Gasteiger partial charge in [0.05, 0.1) is 0 Å². The van der Waals surface area contributed by atoms with E-state index < -0.39 is 0 Å². The normalized spacial score (nSPS) is 32.0. The third-order valence-electron chi connectivity index (χ3n) is 4.01. The van der Waals surface area contributed by atoms with E-state index in [2.05, 4.69) is 55.4 Å². The highest BCUT2D eigenvalue weighted by molar-refractivity contribution is 9.11. The molecule has 0 radical (unpaired) electrons. The standard InChI is InChI=1S/C13H15Br2N/c14-10-3-4-12(11(15)7-10)16-13-6-8-1-2-9(13)5-8/h3-4,7-9,13,16H,1-2,5-6H2. The summed E-state index contributed by atoms with van der Waals surface area (Å²) >= 11 is 7.10. The van der Waals surface area contributed by atoms with Gasteiger partial charge in [-0.3, -0.25) is 0 Å². The van der Waals surface area contributed by atoms with Crippen molar-refractivity contribution in [1.29, 1.82) is 0 Å². The smallest absolute Gasteiger partial charge is 0.0487 e. The van der Waals surface area contributed by atoms with Crippen molar-refractivity contribution in [3.05, 3.63) is 27.1 Å². The molecular formula is C13H15Br2N. The first-order valence-electron chi connectivity index (χ1n) is 5.94. The van der Waals surface area contributed by atoms with Crippen LogP contribution in [0.4, 0.5) is 5.69 Å². The van der Waals surface area contributed by atoms with Gasteiger partial charge in [0.25, 0.3) is 0 Å². The lowest BCUT2D eigenvalue weighted by Gasteiger charge is -2.24. The van der Waals surface area contributed by atoms with E-state index in [1.807, 2.05) is 0 Å². The Labute approximate surface area is 113 Å². The predicted octanol–water partition coefficient (Wildman–Crippen LogP) is 4.81. The van der Waals surface area contributed by atoms with E-state index in [0.717, 1.165) is 20.8 Å². The number of halogens is 2. The number of rotatable bonds is 2. The van der Waals surface area contributed by atoms with Crippen molar-refractivity contribution in [1.82, 2.24) is 0 Å². The maximum absolute atomic E-state index is 3.70. The van der Waals surface area contributed by atoms with E-state index in [0.29, 0.717) is 6.04 Å². The molecule has 0 saturated heterocycles. The summed E-state index contributed by atoms with van der Waals surface area (Å²) < 4.78 is 2.28. The SMILES string of the molecule is Brc1ccc(NC2CC3CCC2C3)c(Br)c1. The average molecular weight is 345 g/mol. The molecule has 2 fully saturated rings. The molecule has 16 heavy (non-hydrogen) atoms. The lowest BCUT2D eigenvalue weighted by Crippen LogP contribution is -2.25. The Bertz CT molecular complexity index is 405. The first-order valence-corrected chi connectivity index (χ1v) is 7.52. The molecule has 0 spiro atoms. The fraction of sp³-hybridized carbons (Fsp3) is 0.538. The Kier molecular flexibility index (Phi) is 3.01. The summed E-state index contributed by atoms with van der Waals surface area (Å²) in [5, 5.41) is 3.70. The summed E-state index contributed by atoms with van der Waals surface area (Å²) in [6, 6.07) is 7.06. The van der Waals surface area contributed by atoms with E-state index in [-0.39, 0.29) is 0 Å². The van der Waals surface area contributed by atoms with Crippen LogP contribution in [0.3, 0.4) is 0 Å². The molecule has 0 aliphatic heterocycles. The lowest BCUT2D eigenvalue weighted by molar-refractivity contribution is 0.439. The Morgan fingerprint density at radius 1 is 1.12 bits per heavy atom. The Morgan fingerprint density at radius 2 is 2.00 bits per heavy atom. The van der Waals surface area contributed by atoms with Crippen molar-refractivity contribution in [3.8, 4) is 0 Å². The lowest BCUT2D eigenvalue weighted by atomic mass is 9.95. The van der Waals surface area contributed by atoms with Gasteiger partial charge < -0.3 is 5.32 Å². The second-order valence-corrected chi connectivity index (χ2v) is 6.82. The van der Waals surface area contributed by atoms with Gasteiger partial charge in [0.15, 0.2) is 0 Å². The molecule has 0 amide bonds. The zero-order chi connectivity index (χ0) is 11.1. The highest BCUT2D eigenvalue weighted by Crippen LogP contribution is 2.46. The van der Waals surface area contributed by atoms with Gasteiger partial charge in [0.2, 0.25) is 0 Å². The second kappa shape index (κ2) is 4.34. The van der Waals surface area contributed by atoms with E-state index >= 15 is 0 Å². The summed E-state index contributed by atoms with van der Waals surface area (Å²) in [6.45, 7) is 0. The van der Waals surface area contributed by atoms with Gasteiger partial charge in [-0.25, -0.2) is 0 Å². The minimum Gasteiger partial charge on any atom is -0.381 e. The number of nitrogens with one attached hydrogen (secondary N) is 1. The largest absolute Gasteiger partial charge is 0.381 e. The van der Waals surface area contributed by atoms with Crippen LogP contribution in [-0.2, 0) is 0 Å². The van der Waals surface area contributed by atoms with Crippen LogP contribution in [0.2, 0.25) is 0 Å². The van der Waals surface area contributed by atoms with Crippen LogP contribution in [0.1, 0.15) is 25.7 Å². The van der Waals surface area contributed by atoms with Crippen LogP contribution in [0.15, 0.2) is 27.1 Å². The van der Waals surface area contributed by atoms with Crippen molar-refractivity contribution in [2.24, 2.45) is 11.8 Å². The highest BCUT2D eigenvalue weighted by atomic mass is 79.9. The molecule has 3 heteroatoms. The molecular weight excluding hydrogens is 330 g/mol. The van der Waals surface area contributed by atoms with Crippen LogP contribution in [-0.4, -0.2) is 6.04 Å². The number of anilines is 1. The van der Waals surface area contributed by atoms with Crippen molar-refractivity contribution in [2.75, 3.05) is 5.32 Å². The quantitative estimate of drug-likeness (QED) is 0.811. The van der Waals surface area contributed by atoms with Crippen molar-refractivity contribution in [2.45, 2.75) is 31.7 Å². The molecule has 2 aliphatic carbocycles. The summed E-state index contributed by atoms with van der Waals surface area (Å²) in [5.41, 5.74) is 1.24. The van der Waals surface area contributed by atoms with Crippen LogP contribution < -0.4 is 5.32 Å². The van der Waals surface area contributed by atoms with Gasteiger partial charge in [0, 0.05) is 20.7 Å². The summed E-state index contributed by atoms with van der Waals surface area (Å²) in [6.07, 6.45) is 5.71. The molecule has 3 rings (SSSR count). The molecule has 2 aliphatic rings. The average Bonchev–Trinajstić information content (AvgIpc) is 2.84. The monoisotopic (exact) mass is 343 g/mol. The molecule has 0 aromatic heterocycles. The van der Waals surface area contributed by atoms with Crippen molar-refractivity contribution < 1.29 is 0 Å². The summed E-state index contributed by atoms with van der Waals surface area (Å²) in [5.74, 6) is 1.91.